The quantitative estimate of drug-likeness (QED) is 0.205. The topological polar surface area (TPSA) is 60.4 Å². The molecule has 0 aliphatic carbocycles. The van der Waals surface area contributed by atoms with Gasteiger partial charge in [0.25, 0.3) is 0 Å². The lowest BCUT2D eigenvalue weighted by Gasteiger charge is -2.25. The van der Waals surface area contributed by atoms with Gasteiger partial charge in [0.2, 0.25) is 0 Å². The molecule has 6 aromatic rings. The number of aromatic nitrogens is 3. The van der Waals surface area contributed by atoms with Gasteiger partial charge in [0.1, 0.15) is 11.5 Å². The summed E-state index contributed by atoms with van der Waals surface area (Å²) in [5.74, 6) is 1.69. The van der Waals surface area contributed by atoms with Crippen molar-refractivity contribution in [3.8, 4) is 34.9 Å². The molecule has 6 rings (SSSR count). The van der Waals surface area contributed by atoms with Crippen LogP contribution < -0.4 is 14.4 Å². The lowest BCUT2D eigenvalue weighted by atomic mass is 10.1. The van der Waals surface area contributed by atoms with E-state index in [9.17, 15) is 0 Å². The predicted octanol–water partition coefficient (Wildman–Crippen LogP) is 8.59. The molecule has 1 heterocycles. The second-order valence-corrected chi connectivity index (χ2v) is 8.61. The molecule has 39 heavy (non-hydrogen) atoms. The van der Waals surface area contributed by atoms with Crippen molar-refractivity contribution in [2.24, 2.45) is 0 Å². The van der Waals surface area contributed by atoms with Crippen LogP contribution in [-0.4, -0.2) is 15.0 Å². The Morgan fingerprint density at radius 1 is 0.385 bits per heavy atom. The van der Waals surface area contributed by atoms with Crippen molar-refractivity contribution in [2.45, 2.75) is 0 Å². The van der Waals surface area contributed by atoms with Crippen LogP contribution in [0.5, 0.6) is 23.5 Å². The summed E-state index contributed by atoms with van der Waals surface area (Å²) in [7, 11) is 0. The molecule has 1 aromatic heterocycles. The second-order valence-electron chi connectivity index (χ2n) is 8.61. The normalized spacial score (nSPS) is 10.6. The average molecular weight is 509 g/mol. The highest BCUT2D eigenvalue weighted by atomic mass is 16.5. The Bertz CT molecular complexity index is 1530. The largest absolute Gasteiger partial charge is 0.424 e. The minimum absolute atomic E-state index is 0.149. The molecule has 0 amide bonds. The Morgan fingerprint density at radius 2 is 0.769 bits per heavy atom. The van der Waals surface area contributed by atoms with E-state index >= 15 is 0 Å². The molecule has 5 aromatic carbocycles. The molecule has 6 heteroatoms. The molecule has 0 saturated heterocycles. The van der Waals surface area contributed by atoms with Gasteiger partial charge < -0.3 is 14.4 Å². The summed E-state index contributed by atoms with van der Waals surface area (Å²) in [5.41, 5.74) is 3.94. The summed E-state index contributed by atoms with van der Waals surface area (Å²) in [6, 6.07) is 47.7. The molecule has 0 aliphatic heterocycles. The van der Waals surface area contributed by atoms with Gasteiger partial charge >= 0.3 is 12.0 Å². The molecule has 0 radical (unpaired) electrons. The summed E-state index contributed by atoms with van der Waals surface area (Å²) >= 11 is 0. The van der Waals surface area contributed by atoms with E-state index in [1.807, 2.05) is 109 Å². The van der Waals surface area contributed by atoms with Crippen LogP contribution >= 0.6 is 0 Å². The smallest absolute Gasteiger partial charge is 0.328 e. The molecule has 188 valence electrons. The molecule has 0 aliphatic rings. The summed E-state index contributed by atoms with van der Waals surface area (Å²) in [5, 5.41) is 0. The number of hydrogen-bond donors (Lipinski definition) is 0. The Labute approximate surface area is 226 Å². The number of hydrogen-bond acceptors (Lipinski definition) is 6. The van der Waals surface area contributed by atoms with Gasteiger partial charge in [0.05, 0.1) is 0 Å². The Balaban J connectivity index is 1.36. The lowest BCUT2D eigenvalue weighted by molar-refractivity contribution is 0.398. The zero-order valence-corrected chi connectivity index (χ0v) is 21.0. The summed E-state index contributed by atoms with van der Waals surface area (Å²) in [6.07, 6.45) is 0. The van der Waals surface area contributed by atoms with E-state index in [2.05, 4.69) is 56.3 Å². The van der Waals surface area contributed by atoms with Gasteiger partial charge in [0, 0.05) is 22.6 Å². The van der Waals surface area contributed by atoms with Gasteiger partial charge in [-0.3, -0.25) is 0 Å². The molecule has 0 fully saturated rings. The molecule has 0 spiro atoms. The number of benzene rings is 5. The van der Waals surface area contributed by atoms with Crippen LogP contribution in [0.4, 0.5) is 17.1 Å². The van der Waals surface area contributed by atoms with Crippen LogP contribution in [0.3, 0.4) is 0 Å². The fourth-order valence-electron chi connectivity index (χ4n) is 4.11. The summed E-state index contributed by atoms with van der Waals surface area (Å²) in [4.78, 5) is 15.8. The molecule has 0 bridgehead atoms. The van der Waals surface area contributed by atoms with Crippen LogP contribution in [0.15, 0.2) is 146 Å². The van der Waals surface area contributed by atoms with Gasteiger partial charge in [0.15, 0.2) is 5.82 Å². The molecule has 0 atom stereocenters. The SMILES string of the molecule is c1ccc(Oc2nc(Oc3ccccc3)nc(-c3ccc(N(c4ccccc4)c4ccccc4)cc3)n2)cc1. The number of rotatable bonds is 8. The summed E-state index contributed by atoms with van der Waals surface area (Å²) in [6.45, 7) is 0. The van der Waals surface area contributed by atoms with Crippen LogP contribution in [-0.2, 0) is 0 Å². The minimum Gasteiger partial charge on any atom is -0.424 e. The minimum atomic E-state index is 0.149. The molecule has 0 unspecified atom stereocenters. The highest BCUT2D eigenvalue weighted by molar-refractivity contribution is 5.77. The van der Waals surface area contributed by atoms with Crippen LogP contribution in [0.2, 0.25) is 0 Å². The Hall–Kier alpha value is -5.49. The third-order valence-corrected chi connectivity index (χ3v) is 5.91. The van der Waals surface area contributed by atoms with Gasteiger partial charge in [-0.05, 0) is 72.8 Å². The van der Waals surface area contributed by atoms with Gasteiger partial charge in [-0.1, -0.05) is 72.8 Å². The van der Waals surface area contributed by atoms with E-state index in [1.165, 1.54) is 0 Å². The zero-order valence-electron chi connectivity index (χ0n) is 21.0. The predicted molar refractivity (Wildman–Crippen MR) is 153 cm³/mol. The van der Waals surface area contributed by atoms with E-state index < -0.39 is 0 Å². The van der Waals surface area contributed by atoms with E-state index in [4.69, 9.17) is 9.47 Å². The van der Waals surface area contributed by atoms with Gasteiger partial charge in [-0.25, -0.2) is 0 Å². The third-order valence-electron chi connectivity index (χ3n) is 5.91. The van der Waals surface area contributed by atoms with E-state index in [-0.39, 0.29) is 12.0 Å². The number of para-hydroxylation sites is 4. The first-order valence-electron chi connectivity index (χ1n) is 12.5. The number of nitrogens with zero attached hydrogens (tertiary/aromatic N) is 4. The monoisotopic (exact) mass is 508 g/mol. The van der Waals surface area contributed by atoms with Crippen molar-refractivity contribution >= 4 is 17.1 Å². The van der Waals surface area contributed by atoms with Crippen molar-refractivity contribution in [2.75, 3.05) is 4.90 Å². The standard InChI is InChI=1S/C33H24N4O2/c1-5-13-26(14-6-1)37(27-15-7-2-8-16-27)28-23-21-25(22-24-28)31-34-32(38-29-17-9-3-10-18-29)36-33(35-31)39-30-19-11-4-12-20-30/h1-24H. The Kier molecular flexibility index (Phi) is 6.90. The van der Waals surface area contributed by atoms with Crippen LogP contribution in [0.25, 0.3) is 11.4 Å². The maximum atomic E-state index is 5.95. The first-order chi connectivity index (χ1) is 19.3. The average Bonchev–Trinajstić information content (AvgIpc) is 3.00. The van der Waals surface area contributed by atoms with Crippen molar-refractivity contribution < 1.29 is 9.47 Å². The van der Waals surface area contributed by atoms with E-state index in [0.717, 1.165) is 22.6 Å². The molecular weight excluding hydrogens is 484 g/mol. The molecule has 0 N–H and O–H groups in total. The maximum absolute atomic E-state index is 5.95. The van der Waals surface area contributed by atoms with Gasteiger partial charge in [-0.2, -0.15) is 9.97 Å². The van der Waals surface area contributed by atoms with Gasteiger partial charge in [-0.15, -0.1) is 4.98 Å². The molecule has 6 nitrogen and oxygen atoms in total. The van der Waals surface area contributed by atoms with E-state index in [0.29, 0.717) is 17.3 Å². The Morgan fingerprint density at radius 3 is 1.21 bits per heavy atom. The first-order valence-corrected chi connectivity index (χ1v) is 12.5. The van der Waals surface area contributed by atoms with Crippen molar-refractivity contribution in [1.29, 1.82) is 0 Å². The van der Waals surface area contributed by atoms with Crippen molar-refractivity contribution in [3.05, 3.63) is 146 Å². The molecular formula is C33H24N4O2. The zero-order chi connectivity index (χ0) is 26.3. The van der Waals surface area contributed by atoms with Crippen molar-refractivity contribution in [1.82, 2.24) is 15.0 Å². The third kappa shape index (κ3) is 5.76. The fourth-order valence-corrected chi connectivity index (χ4v) is 4.11. The molecule has 0 saturated carbocycles. The number of anilines is 3. The second kappa shape index (κ2) is 11.3. The number of ether oxygens (including phenoxy) is 2. The van der Waals surface area contributed by atoms with Crippen LogP contribution in [0.1, 0.15) is 0 Å². The van der Waals surface area contributed by atoms with E-state index in [1.54, 1.807) is 0 Å². The summed E-state index contributed by atoms with van der Waals surface area (Å²) < 4.78 is 11.9. The highest BCUT2D eigenvalue weighted by Gasteiger charge is 2.15. The fraction of sp³-hybridized carbons (Fsp3) is 0. The van der Waals surface area contributed by atoms with Crippen molar-refractivity contribution in [3.63, 3.8) is 0 Å². The van der Waals surface area contributed by atoms with Crippen LogP contribution in [0, 0.1) is 0 Å². The lowest BCUT2D eigenvalue weighted by Crippen LogP contribution is -2.09. The highest BCUT2D eigenvalue weighted by Crippen LogP contribution is 2.35. The first kappa shape index (κ1) is 23.9. The maximum Gasteiger partial charge on any atom is 0.328 e.